The average Bonchev–Trinajstić information content (AvgIpc) is 2.78. The molecule has 0 spiro atoms. The number of rotatable bonds is 4. The first kappa shape index (κ1) is 11.3. The Balaban J connectivity index is 2.42. The van der Waals surface area contributed by atoms with E-state index in [1.54, 1.807) is 0 Å². The Kier molecular flexibility index (Phi) is 2.76. The van der Waals surface area contributed by atoms with Gasteiger partial charge in [-0.3, -0.25) is 4.79 Å². The topological polar surface area (TPSA) is 63.3 Å². The first-order valence-electron chi connectivity index (χ1n) is 4.34. The summed E-state index contributed by atoms with van der Waals surface area (Å²) in [6.45, 7) is 0. The van der Waals surface area contributed by atoms with Crippen LogP contribution in [0.3, 0.4) is 0 Å². The number of halogens is 3. The third-order valence-electron chi connectivity index (χ3n) is 2.71. The number of hydrogen-bond acceptors (Lipinski definition) is 2. The molecule has 1 aliphatic rings. The molecule has 0 amide bonds. The van der Waals surface area contributed by atoms with Crippen molar-refractivity contribution in [3.8, 4) is 0 Å². The number of carbonyl (C=O) groups is 1. The monoisotopic (exact) mass is 211 g/mol. The third kappa shape index (κ3) is 2.17. The predicted octanol–water partition coefficient (Wildman–Crippen LogP) is 1.52. The summed E-state index contributed by atoms with van der Waals surface area (Å²) in [4.78, 5) is 10.3. The van der Waals surface area contributed by atoms with Crippen molar-refractivity contribution >= 4 is 5.97 Å². The van der Waals surface area contributed by atoms with Crippen LogP contribution in [0, 0.1) is 5.41 Å². The minimum absolute atomic E-state index is 0.100. The molecule has 0 aromatic rings. The molecule has 1 fully saturated rings. The number of carboxylic acids is 1. The summed E-state index contributed by atoms with van der Waals surface area (Å²) in [7, 11) is 0. The summed E-state index contributed by atoms with van der Waals surface area (Å²) >= 11 is 0. The van der Waals surface area contributed by atoms with Gasteiger partial charge in [-0.05, 0) is 25.7 Å². The zero-order valence-electron chi connectivity index (χ0n) is 7.47. The number of hydrogen-bond donors (Lipinski definition) is 2. The van der Waals surface area contributed by atoms with E-state index in [-0.39, 0.29) is 25.7 Å². The molecule has 0 unspecified atom stereocenters. The molecule has 0 aromatic heterocycles. The lowest BCUT2D eigenvalue weighted by molar-refractivity contribution is -0.189. The summed E-state index contributed by atoms with van der Waals surface area (Å²) in [5, 5.41) is 8.40. The van der Waals surface area contributed by atoms with Crippen molar-refractivity contribution < 1.29 is 23.1 Å². The molecular weight excluding hydrogens is 199 g/mol. The van der Waals surface area contributed by atoms with E-state index >= 15 is 0 Å². The first-order chi connectivity index (χ1) is 6.28. The van der Waals surface area contributed by atoms with E-state index < -0.39 is 23.6 Å². The van der Waals surface area contributed by atoms with Crippen molar-refractivity contribution in [1.29, 1.82) is 0 Å². The lowest BCUT2D eigenvalue weighted by Crippen LogP contribution is -2.33. The third-order valence-corrected chi connectivity index (χ3v) is 2.71. The number of carboxylic acid groups (broad SMARTS) is 1. The molecule has 14 heavy (non-hydrogen) atoms. The molecule has 0 aliphatic heterocycles. The van der Waals surface area contributed by atoms with E-state index in [1.165, 1.54) is 0 Å². The number of aliphatic carboxylic acids is 1. The predicted molar refractivity (Wildman–Crippen MR) is 42.6 cm³/mol. The second-order valence-corrected chi connectivity index (χ2v) is 3.76. The largest absolute Gasteiger partial charge is 0.480 e. The van der Waals surface area contributed by atoms with Gasteiger partial charge >= 0.3 is 12.1 Å². The maximum absolute atomic E-state index is 12.4. The molecule has 0 aromatic carbocycles. The van der Waals surface area contributed by atoms with Crippen LogP contribution in [0.4, 0.5) is 13.2 Å². The molecular formula is C8H12F3NO2. The Hall–Kier alpha value is -0.780. The highest BCUT2D eigenvalue weighted by Gasteiger charge is 2.62. The molecule has 82 valence electrons. The van der Waals surface area contributed by atoms with Crippen molar-refractivity contribution in [2.45, 2.75) is 37.9 Å². The van der Waals surface area contributed by atoms with Gasteiger partial charge in [0.05, 0.1) is 5.41 Å². The Bertz CT molecular complexity index is 235. The van der Waals surface area contributed by atoms with Crippen molar-refractivity contribution in [3.05, 3.63) is 0 Å². The minimum Gasteiger partial charge on any atom is -0.480 e. The van der Waals surface area contributed by atoms with E-state index in [0.29, 0.717) is 0 Å². The van der Waals surface area contributed by atoms with Crippen LogP contribution >= 0.6 is 0 Å². The lowest BCUT2D eigenvalue weighted by atomic mass is 9.97. The van der Waals surface area contributed by atoms with Crippen LogP contribution in [-0.4, -0.2) is 23.3 Å². The SMILES string of the molecule is N[C@@H](CCC1(C(F)(F)F)CC1)C(=O)O. The smallest absolute Gasteiger partial charge is 0.394 e. The van der Waals surface area contributed by atoms with Crippen molar-refractivity contribution in [3.63, 3.8) is 0 Å². The molecule has 3 nitrogen and oxygen atoms in total. The maximum Gasteiger partial charge on any atom is 0.394 e. The maximum atomic E-state index is 12.4. The number of nitrogens with two attached hydrogens (primary N) is 1. The van der Waals surface area contributed by atoms with E-state index in [9.17, 15) is 18.0 Å². The van der Waals surface area contributed by atoms with E-state index in [0.717, 1.165) is 0 Å². The highest BCUT2D eigenvalue weighted by atomic mass is 19.4. The minimum atomic E-state index is -4.22. The van der Waals surface area contributed by atoms with Crippen LogP contribution in [0.25, 0.3) is 0 Å². The normalized spacial score (nSPS) is 21.7. The Labute approximate surface area is 79.1 Å². The summed E-state index contributed by atoms with van der Waals surface area (Å²) in [6.07, 6.45) is -4.31. The molecule has 1 saturated carbocycles. The van der Waals surface area contributed by atoms with Crippen molar-refractivity contribution in [2.75, 3.05) is 0 Å². The van der Waals surface area contributed by atoms with Crippen molar-refractivity contribution in [1.82, 2.24) is 0 Å². The zero-order chi connectivity index (χ0) is 11.0. The second kappa shape index (κ2) is 3.42. The van der Waals surface area contributed by atoms with Gasteiger partial charge < -0.3 is 10.8 Å². The molecule has 0 bridgehead atoms. The highest BCUT2D eigenvalue weighted by Crippen LogP contribution is 2.60. The van der Waals surface area contributed by atoms with E-state index in [1.807, 2.05) is 0 Å². The quantitative estimate of drug-likeness (QED) is 0.741. The van der Waals surface area contributed by atoms with Crippen LogP contribution < -0.4 is 5.73 Å². The Morgan fingerprint density at radius 1 is 1.50 bits per heavy atom. The molecule has 6 heteroatoms. The zero-order valence-corrected chi connectivity index (χ0v) is 7.47. The first-order valence-corrected chi connectivity index (χ1v) is 4.34. The Morgan fingerprint density at radius 2 is 2.00 bits per heavy atom. The van der Waals surface area contributed by atoms with E-state index in [4.69, 9.17) is 10.8 Å². The fourth-order valence-electron chi connectivity index (χ4n) is 1.38. The number of alkyl halides is 3. The second-order valence-electron chi connectivity index (χ2n) is 3.76. The van der Waals surface area contributed by atoms with Gasteiger partial charge in [-0.15, -0.1) is 0 Å². The van der Waals surface area contributed by atoms with Crippen LogP contribution in [-0.2, 0) is 4.79 Å². The van der Waals surface area contributed by atoms with Gasteiger partial charge in [-0.2, -0.15) is 13.2 Å². The molecule has 0 heterocycles. The van der Waals surface area contributed by atoms with Crippen LogP contribution in [0.5, 0.6) is 0 Å². The summed E-state index contributed by atoms with van der Waals surface area (Å²) in [5.74, 6) is -1.25. The average molecular weight is 211 g/mol. The fourth-order valence-corrected chi connectivity index (χ4v) is 1.38. The standard InChI is InChI=1S/C8H12F3NO2/c9-8(10,11)7(3-4-7)2-1-5(12)6(13)14/h5H,1-4,12H2,(H,13,14)/t5-/m0/s1. The molecule has 3 N–H and O–H groups in total. The Morgan fingerprint density at radius 3 is 2.29 bits per heavy atom. The summed E-state index contributed by atoms with van der Waals surface area (Å²) in [6, 6.07) is -1.19. The molecule has 1 rings (SSSR count). The summed E-state index contributed by atoms with van der Waals surface area (Å²) in [5.41, 5.74) is 3.49. The van der Waals surface area contributed by atoms with Gasteiger partial charge in [-0.1, -0.05) is 0 Å². The van der Waals surface area contributed by atoms with Gasteiger partial charge in [0.1, 0.15) is 6.04 Å². The molecule has 1 atom stereocenters. The van der Waals surface area contributed by atoms with Crippen LogP contribution in [0.2, 0.25) is 0 Å². The molecule has 0 saturated heterocycles. The molecule has 0 radical (unpaired) electrons. The van der Waals surface area contributed by atoms with Gasteiger partial charge in [0.25, 0.3) is 0 Å². The highest BCUT2D eigenvalue weighted by molar-refractivity contribution is 5.72. The fraction of sp³-hybridized carbons (Fsp3) is 0.875. The van der Waals surface area contributed by atoms with Crippen LogP contribution in [0.1, 0.15) is 25.7 Å². The van der Waals surface area contributed by atoms with Gasteiger partial charge in [0.15, 0.2) is 0 Å². The van der Waals surface area contributed by atoms with Crippen molar-refractivity contribution in [2.24, 2.45) is 11.1 Å². The van der Waals surface area contributed by atoms with Gasteiger partial charge in [0, 0.05) is 0 Å². The van der Waals surface area contributed by atoms with Gasteiger partial charge in [0.2, 0.25) is 0 Å². The lowest BCUT2D eigenvalue weighted by Gasteiger charge is -2.19. The van der Waals surface area contributed by atoms with Crippen LogP contribution in [0.15, 0.2) is 0 Å². The van der Waals surface area contributed by atoms with Gasteiger partial charge in [-0.25, -0.2) is 0 Å². The van der Waals surface area contributed by atoms with E-state index in [2.05, 4.69) is 0 Å². The molecule has 1 aliphatic carbocycles. The summed E-state index contributed by atoms with van der Waals surface area (Å²) < 4.78 is 37.1.